The minimum Gasteiger partial charge on any atom is -0.468 e. The molecule has 0 aliphatic carbocycles. The van der Waals surface area contributed by atoms with E-state index in [1.807, 2.05) is 12.1 Å². The van der Waals surface area contributed by atoms with Crippen LogP contribution < -0.4 is 10.6 Å². The first kappa shape index (κ1) is 13.1. The lowest BCUT2D eigenvalue weighted by atomic mass is 10.0. The molecule has 1 atom stereocenters. The Hall–Kier alpha value is -2.37. The molecule has 0 spiro atoms. The van der Waals surface area contributed by atoms with Gasteiger partial charge in [-0.15, -0.1) is 0 Å². The number of methoxy groups -OCH3 is 1. The Morgan fingerprint density at radius 3 is 2.84 bits per heavy atom. The lowest BCUT2D eigenvalue weighted by Gasteiger charge is -2.11. The van der Waals surface area contributed by atoms with Crippen molar-refractivity contribution in [1.82, 2.24) is 10.6 Å². The van der Waals surface area contributed by atoms with Crippen LogP contribution in [0.1, 0.15) is 28.4 Å². The number of nitrogens with one attached hydrogen (secondary N) is 2. The fourth-order valence-corrected chi connectivity index (χ4v) is 1.98. The van der Waals surface area contributed by atoms with Gasteiger partial charge in [0.05, 0.1) is 19.6 Å². The summed E-state index contributed by atoms with van der Waals surface area (Å²) in [4.78, 5) is 34.2. The largest absolute Gasteiger partial charge is 0.468 e. The Balaban J connectivity index is 1.96. The van der Waals surface area contributed by atoms with E-state index in [0.29, 0.717) is 5.56 Å². The summed E-state index contributed by atoms with van der Waals surface area (Å²) in [6.45, 7) is -0.169. The van der Waals surface area contributed by atoms with Crippen molar-refractivity contribution in [2.45, 2.75) is 12.5 Å². The summed E-state index contributed by atoms with van der Waals surface area (Å²) in [5.74, 6) is -1.00. The van der Waals surface area contributed by atoms with Gasteiger partial charge in [0, 0.05) is 5.56 Å². The first-order chi connectivity index (χ1) is 9.11. The molecule has 1 aromatic rings. The van der Waals surface area contributed by atoms with Crippen molar-refractivity contribution in [3.8, 4) is 0 Å². The number of ether oxygens (including phenoxy) is 1. The molecule has 1 aliphatic rings. The zero-order valence-electron chi connectivity index (χ0n) is 10.4. The lowest BCUT2D eigenvalue weighted by molar-refractivity contribution is -0.141. The quantitative estimate of drug-likeness (QED) is 0.756. The van der Waals surface area contributed by atoms with Crippen molar-refractivity contribution >= 4 is 17.8 Å². The topological polar surface area (TPSA) is 84.5 Å². The van der Waals surface area contributed by atoms with Crippen LogP contribution in [0.3, 0.4) is 0 Å². The van der Waals surface area contributed by atoms with Gasteiger partial charge in [-0.1, -0.05) is 18.2 Å². The van der Waals surface area contributed by atoms with E-state index in [1.54, 1.807) is 12.1 Å². The monoisotopic (exact) mass is 262 g/mol. The predicted molar refractivity (Wildman–Crippen MR) is 66.3 cm³/mol. The van der Waals surface area contributed by atoms with Crippen molar-refractivity contribution < 1.29 is 19.1 Å². The molecule has 0 saturated carbocycles. The third-order valence-corrected chi connectivity index (χ3v) is 2.93. The zero-order valence-corrected chi connectivity index (χ0v) is 10.4. The van der Waals surface area contributed by atoms with Crippen LogP contribution in [0.2, 0.25) is 0 Å². The third kappa shape index (κ3) is 2.90. The Labute approximate surface area is 110 Å². The van der Waals surface area contributed by atoms with E-state index in [-0.39, 0.29) is 30.8 Å². The number of benzene rings is 1. The Kier molecular flexibility index (Phi) is 3.79. The molecule has 2 amide bonds. The average Bonchev–Trinajstić information content (AvgIpc) is 2.73. The van der Waals surface area contributed by atoms with E-state index < -0.39 is 5.97 Å². The molecule has 0 saturated heterocycles. The minimum atomic E-state index is -0.510. The second-order valence-electron chi connectivity index (χ2n) is 4.17. The van der Waals surface area contributed by atoms with Crippen LogP contribution >= 0.6 is 0 Å². The number of carbonyl (C=O) groups is 3. The Bertz CT molecular complexity index is 527. The van der Waals surface area contributed by atoms with E-state index in [2.05, 4.69) is 15.4 Å². The molecule has 0 aromatic heterocycles. The van der Waals surface area contributed by atoms with Gasteiger partial charge in [0.15, 0.2) is 0 Å². The molecule has 6 heteroatoms. The molecule has 1 aliphatic heterocycles. The van der Waals surface area contributed by atoms with E-state index in [0.717, 1.165) is 5.56 Å². The summed E-state index contributed by atoms with van der Waals surface area (Å²) in [5.41, 5.74) is 1.40. The zero-order chi connectivity index (χ0) is 13.8. The second-order valence-corrected chi connectivity index (χ2v) is 4.17. The first-order valence-electron chi connectivity index (χ1n) is 5.85. The highest BCUT2D eigenvalue weighted by atomic mass is 16.5. The fraction of sp³-hybridized carbons (Fsp3) is 0.308. The number of hydrogen-bond acceptors (Lipinski definition) is 4. The number of amides is 2. The molecular weight excluding hydrogens is 248 g/mol. The summed E-state index contributed by atoms with van der Waals surface area (Å²) in [5, 5.41) is 5.18. The van der Waals surface area contributed by atoms with E-state index in [9.17, 15) is 14.4 Å². The van der Waals surface area contributed by atoms with Gasteiger partial charge in [0.25, 0.3) is 5.91 Å². The third-order valence-electron chi connectivity index (χ3n) is 2.93. The second kappa shape index (κ2) is 5.51. The fourth-order valence-electron chi connectivity index (χ4n) is 1.98. The van der Waals surface area contributed by atoms with E-state index in [4.69, 9.17) is 0 Å². The molecular formula is C13H14N2O4. The van der Waals surface area contributed by atoms with Crippen LogP contribution in [0.15, 0.2) is 24.3 Å². The van der Waals surface area contributed by atoms with Crippen molar-refractivity contribution in [3.63, 3.8) is 0 Å². The summed E-state index contributed by atoms with van der Waals surface area (Å²) in [6.07, 6.45) is 0.0970. The number of rotatable bonds is 4. The van der Waals surface area contributed by atoms with Crippen LogP contribution in [-0.4, -0.2) is 31.4 Å². The smallest absolute Gasteiger partial charge is 0.325 e. The lowest BCUT2D eigenvalue weighted by Crippen LogP contribution is -2.33. The van der Waals surface area contributed by atoms with E-state index >= 15 is 0 Å². The maximum Gasteiger partial charge on any atom is 0.325 e. The summed E-state index contributed by atoms with van der Waals surface area (Å²) < 4.78 is 4.42. The SMILES string of the molecule is COC(=O)CNC(=O)C[C@@H]1NC(=O)c2ccccc21. The van der Waals surface area contributed by atoms with Crippen molar-refractivity contribution in [1.29, 1.82) is 0 Å². The molecule has 100 valence electrons. The molecule has 1 aromatic carbocycles. The summed E-state index contributed by atoms with van der Waals surface area (Å²) >= 11 is 0. The molecule has 0 unspecified atom stereocenters. The van der Waals surface area contributed by atoms with Gasteiger partial charge in [0.1, 0.15) is 6.54 Å². The minimum absolute atomic E-state index is 0.0970. The molecule has 6 nitrogen and oxygen atoms in total. The van der Waals surface area contributed by atoms with Gasteiger partial charge in [-0.05, 0) is 11.6 Å². The van der Waals surface area contributed by atoms with Crippen LogP contribution in [0.4, 0.5) is 0 Å². The summed E-state index contributed by atoms with van der Waals surface area (Å²) in [6, 6.07) is 6.78. The standard InChI is InChI=1S/C13H14N2O4/c1-19-12(17)7-14-11(16)6-10-8-4-2-3-5-9(8)13(18)15-10/h2-5,10H,6-7H2,1H3,(H,14,16)(H,15,18)/t10-/m0/s1. The van der Waals surface area contributed by atoms with Crippen molar-refractivity contribution in [3.05, 3.63) is 35.4 Å². The maximum absolute atomic E-state index is 11.7. The van der Waals surface area contributed by atoms with Crippen molar-refractivity contribution in [2.24, 2.45) is 0 Å². The van der Waals surface area contributed by atoms with Gasteiger partial charge in [-0.2, -0.15) is 0 Å². The molecule has 19 heavy (non-hydrogen) atoms. The normalized spacial score (nSPS) is 16.5. The molecule has 2 rings (SSSR count). The number of hydrogen-bond donors (Lipinski definition) is 2. The predicted octanol–water partition coefficient (Wildman–Crippen LogP) is 0.150. The van der Waals surface area contributed by atoms with Gasteiger partial charge < -0.3 is 15.4 Å². The maximum atomic E-state index is 11.7. The molecule has 2 N–H and O–H groups in total. The van der Waals surface area contributed by atoms with Crippen LogP contribution in [0.25, 0.3) is 0 Å². The summed E-state index contributed by atoms with van der Waals surface area (Å²) in [7, 11) is 1.25. The van der Waals surface area contributed by atoms with Gasteiger partial charge in [-0.3, -0.25) is 14.4 Å². The molecule has 0 bridgehead atoms. The van der Waals surface area contributed by atoms with Gasteiger partial charge in [-0.25, -0.2) is 0 Å². The van der Waals surface area contributed by atoms with E-state index in [1.165, 1.54) is 7.11 Å². The highest BCUT2D eigenvalue weighted by Gasteiger charge is 2.29. The van der Waals surface area contributed by atoms with Crippen molar-refractivity contribution in [2.75, 3.05) is 13.7 Å². The molecule has 1 heterocycles. The van der Waals surface area contributed by atoms with Crippen LogP contribution in [0, 0.1) is 0 Å². The first-order valence-corrected chi connectivity index (χ1v) is 5.85. The number of carbonyl (C=O) groups excluding carboxylic acids is 3. The van der Waals surface area contributed by atoms with Crippen LogP contribution in [0.5, 0.6) is 0 Å². The molecule has 0 fully saturated rings. The Morgan fingerprint density at radius 2 is 2.11 bits per heavy atom. The van der Waals surface area contributed by atoms with Gasteiger partial charge in [0.2, 0.25) is 5.91 Å². The van der Waals surface area contributed by atoms with Crippen LogP contribution in [-0.2, 0) is 14.3 Å². The number of esters is 1. The average molecular weight is 262 g/mol. The molecule has 0 radical (unpaired) electrons. The van der Waals surface area contributed by atoms with Gasteiger partial charge >= 0.3 is 5.97 Å². The Morgan fingerprint density at radius 1 is 1.37 bits per heavy atom. The number of fused-ring (bicyclic) bond motifs is 1. The highest BCUT2D eigenvalue weighted by Crippen LogP contribution is 2.27. The highest BCUT2D eigenvalue weighted by molar-refractivity contribution is 5.99.